The SMILES string of the molecule is Cc1cn2cc(-c3cc4ccc(N5C[C@H](C)N(C)C[C@H]5C)nc4oc3=O)nc2c(C)n1. The number of likely N-dealkylation sites (N-methyl/N-ethyl adjacent to an activating group) is 1. The van der Waals surface area contributed by atoms with Crippen LogP contribution in [-0.2, 0) is 0 Å². The van der Waals surface area contributed by atoms with Crippen molar-refractivity contribution < 1.29 is 4.42 Å². The van der Waals surface area contributed by atoms with Gasteiger partial charge in [0.2, 0.25) is 5.71 Å². The minimum Gasteiger partial charge on any atom is -0.403 e. The molecule has 160 valence electrons. The summed E-state index contributed by atoms with van der Waals surface area (Å²) in [6.45, 7) is 10.1. The van der Waals surface area contributed by atoms with Gasteiger partial charge in [0, 0.05) is 43.0 Å². The molecule has 0 unspecified atom stereocenters. The van der Waals surface area contributed by atoms with Crippen LogP contribution in [-0.4, -0.2) is 56.5 Å². The molecule has 0 bridgehead atoms. The summed E-state index contributed by atoms with van der Waals surface area (Å²) in [5.41, 5.74) is 3.33. The van der Waals surface area contributed by atoms with Crippen LogP contribution >= 0.6 is 0 Å². The molecule has 2 atom stereocenters. The van der Waals surface area contributed by atoms with Gasteiger partial charge in [-0.25, -0.2) is 9.78 Å². The number of hydrogen-bond acceptors (Lipinski definition) is 7. The fourth-order valence-corrected chi connectivity index (χ4v) is 4.38. The molecule has 4 aromatic rings. The van der Waals surface area contributed by atoms with Crippen molar-refractivity contribution in [2.24, 2.45) is 0 Å². The van der Waals surface area contributed by atoms with Gasteiger partial charge >= 0.3 is 5.63 Å². The van der Waals surface area contributed by atoms with Gasteiger partial charge in [0.05, 0.1) is 22.6 Å². The Kier molecular flexibility index (Phi) is 4.55. The molecule has 0 saturated carbocycles. The molecule has 8 heteroatoms. The first-order valence-corrected chi connectivity index (χ1v) is 10.6. The number of hydrogen-bond donors (Lipinski definition) is 0. The number of imidazole rings is 1. The monoisotopic (exact) mass is 418 g/mol. The van der Waals surface area contributed by atoms with Gasteiger partial charge in [0.15, 0.2) is 5.65 Å². The third kappa shape index (κ3) is 3.37. The van der Waals surface area contributed by atoms with Crippen LogP contribution in [0.3, 0.4) is 0 Å². The summed E-state index contributed by atoms with van der Waals surface area (Å²) in [4.78, 5) is 31.2. The average molecular weight is 419 g/mol. The second-order valence-electron chi connectivity index (χ2n) is 8.63. The van der Waals surface area contributed by atoms with Crippen molar-refractivity contribution in [3.8, 4) is 11.3 Å². The zero-order chi connectivity index (χ0) is 21.9. The van der Waals surface area contributed by atoms with Gasteiger partial charge in [-0.1, -0.05) is 0 Å². The molecule has 0 spiro atoms. The van der Waals surface area contributed by atoms with E-state index in [0.717, 1.165) is 41.3 Å². The van der Waals surface area contributed by atoms with E-state index < -0.39 is 5.63 Å². The van der Waals surface area contributed by atoms with Crippen molar-refractivity contribution in [1.29, 1.82) is 0 Å². The summed E-state index contributed by atoms with van der Waals surface area (Å²) in [5, 5.41) is 0.774. The molecule has 8 nitrogen and oxygen atoms in total. The van der Waals surface area contributed by atoms with Crippen LogP contribution in [0.1, 0.15) is 25.2 Å². The third-order valence-corrected chi connectivity index (χ3v) is 6.18. The van der Waals surface area contributed by atoms with Crippen molar-refractivity contribution in [1.82, 2.24) is 24.3 Å². The van der Waals surface area contributed by atoms with Crippen LogP contribution in [0.4, 0.5) is 5.82 Å². The smallest absolute Gasteiger partial charge is 0.347 e. The summed E-state index contributed by atoms with van der Waals surface area (Å²) in [6.07, 6.45) is 3.73. The molecule has 0 aliphatic carbocycles. The standard InChI is InChI=1S/C23H26N6O2/c1-13-9-28-12-19(25-21(28)16(4)24-13)18-8-17-6-7-20(26-22(17)31-23(18)30)29-11-14(2)27(5)10-15(29)3/h6-9,12,14-15H,10-11H2,1-5H3/t14-,15+/m0/s1. The largest absolute Gasteiger partial charge is 0.403 e. The van der Waals surface area contributed by atoms with Gasteiger partial charge in [-0.3, -0.25) is 9.88 Å². The molecule has 4 aromatic heterocycles. The summed E-state index contributed by atoms with van der Waals surface area (Å²) in [5.74, 6) is 0.834. The number of anilines is 1. The number of rotatable bonds is 2. The van der Waals surface area contributed by atoms with Crippen molar-refractivity contribution in [3.63, 3.8) is 0 Å². The highest BCUT2D eigenvalue weighted by Crippen LogP contribution is 2.26. The van der Waals surface area contributed by atoms with Gasteiger partial charge in [-0.15, -0.1) is 0 Å². The number of nitrogens with zero attached hydrogens (tertiary/aromatic N) is 6. The molecule has 1 aliphatic rings. The topological polar surface area (TPSA) is 79.8 Å². The van der Waals surface area contributed by atoms with Gasteiger partial charge < -0.3 is 13.7 Å². The zero-order valence-corrected chi connectivity index (χ0v) is 18.5. The predicted octanol–water partition coefficient (Wildman–Crippen LogP) is 3.04. The Bertz CT molecular complexity index is 1360. The van der Waals surface area contributed by atoms with E-state index in [1.54, 1.807) is 0 Å². The Morgan fingerprint density at radius 1 is 1.03 bits per heavy atom. The van der Waals surface area contributed by atoms with E-state index in [1.807, 2.05) is 48.8 Å². The minimum atomic E-state index is -0.442. The highest BCUT2D eigenvalue weighted by molar-refractivity contribution is 5.80. The van der Waals surface area contributed by atoms with Gasteiger partial charge in [0.25, 0.3) is 0 Å². The lowest BCUT2D eigenvalue weighted by molar-refractivity contribution is 0.205. The molecule has 5 heterocycles. The molecule has 0 N–H and O–H groups in total. The molecule has 31 heavy (non-hydrogen) atoms. The molecule has 1 fully saturated rings. The summed E-state index contributed by atoms with van der Waals surface area (Å²) in [6, 6.07) is 6.54. The molecule has 5 rings (SSSR count). The van der Waals surface area contributed by atoms with Crippen LogP contribution < -0.4 is 10.5 Å². The zero-order valence-electron chi connectivity index (χ0n) is 18.5. The maximum absolute atomic E-state index is 12.8. The Morgan fingerprint density at radius 3 is 2.65 bits per heavy atom. The Balaban J connectivity index is 1.56. The van der Waals surface area contributed by atoms with Gasteiger partial charge in [0.1, 0.15) is 5.82 Å². The highest BCUT2D eigenvalue weighted by Gasteiger charge is 2.28. The van der Waals surface area contributed by atoms with E-state index in [0.29, 0.717) is 29.1 Å². The first-order valence-electron chi connectivity index (χ1n) is 10.6. The molecular formula is C23H26N6O2. The molecule has 1 saturated heterocycles. The van der Waals surface area contributed by atoms with Crippen molar-refractivity contribution >= 4 is 22.6 Å². The van der Waals surface area contributed by atoms with Crippen LogP contribution in [0, 0.1) is 13.8 Å². The van der Waals surface area contributed by atoms with E-state index in [-0.39, 0.29) is 0 Å². The lowest BCUT2D eigenvalue weighted by atomic mass is 10.1. The lowest BCUT2D eigenvalue weighted by Gasteiger charge is -2.43. The van der Waals surface area contributed by atoms with E-state index in [4.69, 9.17) is 4.42 Å². The minimum absolute atomic E-state index is 0.329. The fraction of sp³-hybridized carbons (Fsp3) is 0.391. The molecule has 0 radical (unpaired) electrons. The number of fused-ring (bicyclic) bond motifs is 2. The van der Waals surface area contributed by atoms with Crippen LogP contribution in [0.15, 0.2) is 39.8 Å². The highest BCUT2D eigenvalue weighted by atomic mass is 16.4. The quantitative estimate of drug-likeness (QED) is 0.495. The first-order chi connectivity index (χ1) is 14.8. The van der Waals surface area contributed by atoms with Gasteiger partial charge in [-0.05, 0) is 52.9 Å². The Labute approximate surface area is 180 Å². The molecule has 0 amide bonds. The van der Waals surface area contributed by atoms with E-state index >= 15 is 0 Å². The molecular weight excluding hydrogens is 392 g/mol. The average Bonchev–Trinajstić information content (AvgIpc) is 3.14. The maximum Gasteiger partial charge on any atom is 0.347 e. The van der Waals surface area contributed by atoms with E-state index in [1.165, 1.54) is 0 Å². The number of pyridine rings is 1. The molecule has 1 aliphatic heterocycles. The van der Waals surface area contributed by atoms with Crippen LogP contribution in [0.5, 0.6) is 0 Å². The van der Waals surface area contributed by atoms with Crippen molar-refractivity contribution in [2.75, 3.05) is 25.0 Å². The summed E-state index contributed by atoms with van der Waals surface area (Å²) < 4.78 is 7.54. The van der Waals surface area contributed by atoms with Crippen molar-refractivity contribution in [3.05, 3.63) is 52.4 Å². The predicted molar refractivity (Wildman–Crippen MR) is 121 cm³/mol. The summed E-state index contributed by atoms with van der Waals surface area (Å²) in [7, 11) is 2.14. The van der Waals surface area contributed by atoms with Gasteiger partial charge in [-0.2, -0.15) is 4.98 Å². The summed E-state index contributed by atoms with van der Waals surface area (Å²) >= 11 is 0. The fourth-order valence-electron chi connectivity index (χ4n) is 4.38. The Hall–Kier alpha value is -3.26. The third-order valence-electron chi connectivity index (χ3n) is 6.18. The number of aromatic nitrogens is 4. The van der Waals surface area contributed by atoms with Crippen LogP contribution in [0.25, 0.3) is 28.0 Å². The lowest BCUT2D eigenvalue weighted by Crippen LogP contribution is -2.55. The second-order valence-corrected chi connectivity index (χ2v) is 8.63. The van der Waals surface area contributed by atoms with Crippen molar-refractivity contribution in [2.45, 2.75) is 39.8 Å². The van der Waals surface area contributed by atoms with E-state index in [9.17, 15) is 4.79 Å². The number of aryl methyl sites for hydroxylation is 2. The molecule has 0 aromatic carbocycles. The van der Waals surface area contributed by atoms with E-state index in [2.05, 4.69) is 45.6 Å². The number of piperazine rings is 1. The van der Waals surface area contributed by atoms with Crippen LogP contribution in [0.2, 0.25) is 0 Å². The second kappa shape index (κ2) is 7.16. The normalized spacial score (nSPS) is 20.1. The maximum atomic E-state index is 12.8. The first kappa shape index (κ1) is 19.7. The Morgan fingerprint density at radius 2 is 1.84 bits per heavy atom.